The lowest BCUT2D eigenvalue weighted by molar-refractivity contribution is 0.0517. The van der Waals surface area contributed by atoms with Crippen molar-refractivity contribution in [3.8, 4) is 5.75 Å². The van der Waals surface area contributed by atoms with Crippen LogP contribution in [0.25, 0.3) is 0 Å². The van der Waals surface area contributed by atoms with Gasteiger partial charge in [-0.2, -0.15) is 0 Å². The van der Waals surface area contributed by atoms with Crippen LogP contribution in [0.5, 0.6) is 5.75 Å². The van der Waals surface area contributed by atoms with E-state index >= 15 is 0 Å². The molecule has 1 aliphatic rings. The monoisotopic (exact) mass is 304 g/mol. The lowest BCUT2D eigenvalue weighted by Crippen LogP contribution is -2.42. The highest BCUT2D eigenvalue weighted by molar-refractivity contribution is 5.33. The van der Waals surface area contributed by atoms with Crippen molar-refractivity contribution in [3.05, 3.63) is 41.1 Å². The van der Waals surface area contributed by atoms with Gasteiger partial charge in [0.05, 0.1) is 6.10 Å². The number of methoxy groups -OCH3 is 1. The second-order valence-electron chi connectivity index (χ2n) is 6.31. The highest BCUT2D eigenvalue weighted by atomic mass is 16.5. The van der Waals surface area contributed by atoms with Gasteiger partial charge in [-0.15, -0.1) is 0 Å². The van der Waals surface area contributed by atoms with Gasteiger partial charge in [0.15, 0.2) is 0 Å². The Morgan fingerprint density at radius 2 is 1.77 bits per heavy atom. The topological polar surface area (TPSA) is 33.7 Å². The van der Waals surface area contributed by atoms with E-state index in [-0.39, 0.29) is 12.3 Å². The Morgan fingerprint density at radius 1 is 1.14 bits per heavy atom. The standard InChI is InChI=1S/C18H28N2O2/c1-12(2)20-14(5)17(18(19-20)21-6)11-15-7-9-16(10-8-15)22-13(3)4/h7-10,12-13,18-19H,11H2,1-6H3. The summed E-state index contributed by atoms with van der Waals surface area (Å²) in [5.74, 6) is 0.918. The minimum atomic E-state index is -0.0472. The summed E-state index contributed by atoms with van der Waals surface area (Å²) in [6.07, 6.45) is 1.03. The van der Waals surface area contributed by atoms with Crippen LogP contribution in [-0.2, 0) is 11.2 Å². The summed E-state index contributed by atoms with van der Waals surface area (Å²) in [5, 5.41) is 2.18. The summed E-state index contributed by atoms with van der Waals surface area (Å²) in [4.78, 5) is 0. The Bertz CT molecular complexity index is 520. The molecule has 1 aromatic carbocycles. The van der Waals surface area contributed by atoms with Gasteiger partial charge in [0, 0.05) is 18.8 Å². The van der Waals surface area contributed by atoms with E-state index in [2.05, 4.69) is 43.3 Å². The Labute approximate surface area is 134 Å². The fraction of sp³-hybridized carbons (Fsp3) is 0.556. The molecule has 22 heavy (non-hydrogen) atoms. The lowest BCUT2D eigenvalue weighted by Gasteiger charge is -2.25. The van der Waals surface area contributed by atoms with E-state index in [0.717, 1.165) is 12.2 Å². The van der Waals surface area contributed by atoms with Crippen molar-refractivity contribution in [2.24, 2.45) is 0 Å². The zero-order valence-corrected chi connectivity index (χ0v) is 14.5. The predicted molar refractivity (Wildman–Crippen MR) is 89.5 cm³/mol. The molecular weight excluding hydrogens is 276 g/mol. The Balaban J connectivity index is 2.14. The fourth-order valence-electron chi connectivity index (χ4n) is 2.78. The summed E-state index contributed by atoms with van der Waals surface area (Å²) in [5.41, 5.74) is 7.21. The zero-order valence-electron chi connectivity index (χ0n) is 14.5. The number of rotatable bonds is 6. The van der Waals surface area contributed by atoms with Gasteiger partial charge in [0.1, 0.15) is 12.0 Å². The summed E-state index contributed by atoms with van der Waals surface area (Å²) in [6, 6.07) is 8.73. The van der Waals surface area contributed by atoms with Crippen LogP contribution in [0, 0.1) is 0 Å². The molecule has 4 heteroatoms. The average molecular weight is 304 g/mol. The van der Waals surface area contributed by atoms with Crippen LogP contribution in [0.2, 0.25) is 0 Å². The summed E-state index contributed by atoms with van der Waals surface area (Å²) in [7, 11) is 1.74. The molecule has 0 spiro atoms. The van der Waals surface area contributed by atoms with Gasteiger partial charge in [0.25, 0.3) is 0 Å². The van der Waals surface area contributed by atoms with Crippen LogP contribution in [-0.4, -0.2) is 30.5 Å². The fourth-order valence-corrected chi connectivity index (χ4v) is 2.78. The normalized spacial score (nSPS) is 18.7. The first-order valence-corrected chi connectivity index (χ1v) is 7.95. The number of hydrogen-bond donors (Lipinski definition) is 1. The molecule has 0 aromatic heterocycles. The van der Waals surface area contributed by atoms with Crippen molar-refractivity contribution in [1.82, 2.24) is 10.4 Å². The van der Waals surface area contributed by atoms with Crippen LogP contribution in [0.15, 0.2) is 35.5 Å². The lowest BCUT2D eigenvalue weighted by atomic mass is 10.0. The summed E-state index contributed by atoms with van der Waals surface area (Å²) < 4.78 is 11.3. The van der Waals surface area contributed by atoms with E-state index in [1.807, 2.05) is 26.0 Å². The van der Waals surface area contributed by atoms with Gasteiger partial charge >= 0.3 is 0 Å². The van der Waals surface area contributed by atoms with E-state index in [4.69, 9.17) is 9.47 Å². The predicted octanol–water partition coefficient (Wildman–Crippen LogP) is 3.49. The van der Waals surface area contributed by atoms with Crippen LogP contribution < -0.4 is 10.2 Å². The highest BCUT2D eigenvalue weighted by Gasteiger charge is 2.29. The first-order chi connectivity index (χ1) is 10.4. The molecule has 1 aromatic rings. The van der Waals surface area contributed by atoms with Gasteiger partial charge < -0.3 is 14.5 Å². The minimum Gasteiger partial charge on any atom is -0.491 e. The maximum absolute atomic E-state index is 5.69. The number of hydrazine groups is 1. The van der Waals surface area contributed by atoms with Crippen molar-refractivity contribution < 1.29 is 9.47 Å². The third-order valence-electron chi connectivity index (χ3n) is 3.84. The smallest absolute Gasteiger partial charge is 0.148 e. The van der Waals surface area contributed by atoms with Gasteiger partial charge in [-0.25, -0.2) is 5.43 Å². The van der Waals surface area contributed by atoms with Gasteiger partial charge in [0.2, 0.25) is 0 Å². The van der Waals surface area contributed by atoms with E-state index in [9.17, 15) is 0 Å². The second kappa shape index (κ2) is 7.16. The van der Waals surface area contributed by atoms with Crippen molar-refractivity contribution in [2.45, 2.75) is 59.4 Å². The van der Waals surface area contributed by atoms with Crippen LogP contribution in [0.1, 0.15) is 40.2 Å². The first-order valence-electron chi connectivity index (χ1n) is 7.95. The molecule has 0 fully saturated rings. The first kappa shape index (κ1) is 16.8. The highest BCUT2D eigenvalue weighted by Crippen LogP contribution is 2.26. The molecule has 122 valence electrons. The molecule has 0 amide bonds. The van der Waals surface area contributed by atoms with Gasteiger partial charge in [-0.05, 0) is 64.3 Å². The third-order valence-corrected chi connectivity index (χ3v) is 3.84. The molecule has 1 aliphatic heterocycles. The van der Waals surface area contributed by atoms with E-state index in [1.54, 1.807) is 7.11 Å². The largest absolute Gasteiger partial charge is 0.491 e. The molecule has 0 saturated carbocycles. The second-order valence-corrected chi connectivity index (χ2v) is 6.31. The maximum Gasteiger partial charge on any atom is 0.148 e. The molecule has 0 aliphatic carbocycles. The molecule has 1 N–H and O–H groups in total. The molecule has 2 rings (SSSR count). The molecular formula is C18H28N2O2. The SMILES string of the molecule is COC1NN(C(C)C)C(C)=C1Cc1ccc(OC(C)C)cc1. The molecule has 0 radical (unpaired) electrons. The van der Waals surface area contributed by atoms with Crippen molar-refractivity contribution in [1.29, 1.82) is 0 Å². The number of nitrogens with zero attached hydrogens (tertiary/aromatic N) is 1. The molecule has 0 bridgehead atoms. The third kappa shape index (κ3) is 3.81. The van der Waals surface area contributed by atoms with Crippen molar-refractivity contribution in [2.75, 3.05) is 7.11 Å². The molecule has 1 unspecified atom stereocenters. The van der Waals surface area contributed by atoms with E-state index < -0.39 is 0 Å². The number of ether oxygens (including phenoxy) is 2. The number of benzene rings is 1. The molecule has 1 heterocycles. The average Bonchev–Trinajstić information content (AvgIpc) is 2.77. The van der Waals surface area contributed by atoms with Gasteiger partial charge in [-0.1, -0.05) is 12.1 Å². The van der Waals surface area contributed by atoms with E-state index in [0.29, 0.717) is 6.04 Å². The molecule has 1 atom stereocenters. The summed E-state index contributed by atoms with van der Waals surface area (Å²) in [6.45, 7) is 10.6. The van der Waals surface area contributed by atoms with Gasteiger partial charge in [-0.3, -0.25) is 0 Å². The zero-order chi connectivity index (χ0) is 16.3. The summed E-state index contributed by atoms with van der Waals surface area (Å²) >= 11 is 0. The number of allylic oxidation sites excluding steroid dienone is 1. The van der Waals surface area contributed by atoms with Crippen LogP contribution in [0.3, 0.4) is 0 Å². The van der Waals surface area contributed by atoms with Crippen molar-refractivity contribution in [3.63, 3.8) is 0 Å². The minimum absolute atomic E-state index is 0.0472. The van der Waals surface area contributed by atoms with Crippen LogP contribution in [0.4, 0.5) is 0 Å². The number of hydrogen-bond acceptors (Lipinski definition) is 4. The van der Waals surface area contributed by atoms with Crippen molar-refractivity contribution >= 4 is 0 Å². The Hall–Kier alpha value is -1.52. The number of nitrogens with one attached hydrogen (secondary N) is 1. The molecule has 0 saturated heterocycles. The Kier molecular flexibility index (Phi) is 5.48. The quantitative estimate of drug-likeness (QED) is 0.872. The molecule has 4 nitrogen and oxygen atoms in total. The van der Waals surface area contributed by atoms with E-state index in [1.165, 1.54) is 16.8 Å². The van der Waals surface area contributed by atoms with Crippen LogP contribution >= 0.6 is 0 Å². The maximum atomic E-state index is 5.69. The Morgan fingerprint density at radius 3 is 2.27 bits per heavy atom.